The molecule has 0 bridgehead atoms. The average Bonchev–Trinajstić information content (AvgIpc) is 1.82. The second-order valence-electron chi connectivity index (χ2n) is 2.70. The summed E-state index contributed by atoms with van der Waals surface area (Å²) in [6.07, 6.45) is -3.58. The lowest BCUT2D eigenvalue weighted by Gasteiger charge is -2.21. The van der Waals surface area contributed by atoms with Gasteiger partial charge >= 0.3 is 6.18 Å². The Balaban J connectivity index is 2.74. The lowest BCUT2D eigenvalue weighted by atomic mass is 9.93. The van der Waals surface area contributed by atoms with Crippen LogP contribution in [0.5, 0.6) is 0 Å². The summed E-state index contributed by atoms with van der Waals surface area (Å²) in [6, 6.07) is 0. The zero-order valence-electron chi connectivity index (χ0n) is 5.99. The summed E-state index contributed by atoms with van der Waals surface area (Å²) in [5.41, 5.74) is 0. The van der Waals surface area contributed by atoms with Gasteiger partial charge in [-0.15, -0.1) is 0 Å². The molecule has 0 saturated carbocycles. The number of hydrogen-bond donors (Lipinski definition) is 0. The molecule has 0 spiro atoms. The van der Waals surface area contributed by atoms with E-state index in [1.807, 2.05) is 0 Å². The maximum Gasteiger partial charge on any atom is 0.392 e. The highest BCUT2D eigenvalue weighted by Crippen LogP contribution is 2.37. The van der Waals surface area contributed by atoms with Crippen molar-refractivity contribution in [3.63, 3.8) is 0 Å². The molecule has 0 aromatic heterocycles. The number of halogens is 4. The van der Waals surface area contributed by atoms with Crippen molar-refractivity contribution in [3.05, 3.63) is 10.6 Å². The highest BCUT2D eigenvalue weighted by atomic mass is 79.9. The topological polar surface area (TPSA) is 17.1 Å². The maximum atomic E-state index is 12.1. The van der Waals surface area contributed by atoms with Gasteiger partial charge in [0.05, 0.1) is 5.92 Å². The SMILES string of the molecule is O=C1C=C(Br)C[C@H](C(F)(F)F)C1. The minimum Gasteiger partial charge on any atom is -0.295 e. The summed E-state index contributed by atoms with van der Waals surface area (Å²) >= 11 is 2.90. The molecule has 0 N–H and O–H groups in total. The Kier molecular flexibility index (Phi) is 2.61. The zero-order chi connectivity index (χ0) is 9.35. The lowest BCUT2D eigenvalue weighted by molar-refractivity contribution is -0.178. The van der Waals surface area contributed by atoms with Gasteiger partial charge < -0.3 is 0 Å². The number of hydrogen-bond acceptors (Lipinski definition) is 1. The van der Waals surface area contributed by atoms with Crippen LogP contribution in [0, 0.1) is 5.92 Å². The van der Waals surface area contributed by atoms with Crippen LogP contribution in [0.25, 0.3) is 0 Å². The Hall–Kier alpha value is -0.320. The molecule has 5 heteroatoms. The van der Waals surface area contributed by atoms with E-state index in [0.717, 1.165) is 0 Å². The number of allylic oxidation sites excluding steroid dienone is 2. The first-order valence-corrected chi connectivity index (χ1v) is 4.14. The monoisotopic (exact) mass is 242 g/mol. The minimum absolute atomic E-state index is 0.116. The summed E-state index contributed by atoms with van der Waals surface area (Å²) < 4.78 is 36.6. The van der Waals surface area contributed by atoms with Gasteiger partial charge in [-0.25, -0.2) is 0 Å². The van der Waals surface area contributed by atoms with Crippen molar-refractivity contribution in [1.82, 2.24) is 0 Å². The van der Waals surface area contributed by atoms with Crippen LogP contribution < -0.4 is 0 Å². The van der Waals surface area contributed by atoms with Gasteiger partial charge in [0, 0.05) is 6.42 Å². The summed E-state index contributed by atoms with van der Waals surface area (Å²) in [5.74, 6) is -1.97. The van der Waals surface area contributed by atoms with E-state index in [1.165, 1.54) is 6.08 Å². The largest absolute Gasteiger partial charge is 0.392 e. The number of ketones is 1. The van der Waals surface area contributed by atoms with Gasteiger partial charge in [0.1, 0.15) is 0 Å². The van der Waals surface area contributed by atoms with Gasteiger partial charge in [0.15, 0.2) is 5.78 Å². The second-order valence-corrected chi connectivity index (χ2v) is 3.72. The summed E-state index contributed by atoms with van der Waals surface area (Å²) in [5, 5.41) is 0. The van der Waals surface area contributed by atoms with Crippen LogP contribution in [0.1, 0.15) is 12.8 Å². The normalized spacial score (nSPS) is 25.5. The Bertz CT molecular complexity index is 231. The molecule has 12 heavy (non-hydrogen) atoms. The smallest absolute Gasteiger partial charge is 0.295 e. The van der Waals surface area contributed by atoms with Crippen molar-refractivity contribution < 1.29 is 18.0 Å². The predicted molar refractivity (Wildman–Crippen MR) is 40.8 cm³/mol. The van der Waals surface area contributed by atoms with Gasteiger partial charge in [-0.05, 0) is 17.0 Å². The number of rotatable bonds is 0. The molecule has 0 amide bonds. The van der Waals surface area contributed by atoms with E-state index in [0.29, 0.717) is 4.48 Å². The van der Waals surface area contributed by atoms with E-state index in [-0.39, 0.29) is 6.42 Å². The highest BCUT2D eigenvalue weighted by molar-refractivity contribution is 9.11. The van der Waals surface area contributed by atoms with Crippen molar-refractivity contribution in [2.24, 2.45) is 5.92 Å². The minimum atomic E-state index is -4.26. The first kappa shape index (κ1) is 9.77. The Labute approximate surface area is 75.8 Å². The fraction of sp³-hybridized carbons (Fsp3) is 0.571. The number of carbonyl (C=O) groups is 1. The van der Waals surface area contributed by atoms with Crippen LogP contribution in [-0.2, 0) is 4.79 Å². The molecule has 0 heterocycles. The quantitative estimate of drug-likeness (QED) is 0.639. The molecule has 1 aliphatic carbocycles. The van der Waals surface area contributed by atoms with Gasteiger partial charge in [-0.3, -0.25) is 4.79 Å². The number of carbonyl (C=O) groups excluding carboxylic acids is 1. The van der Waals surface area contributed by atoms with E-state index in [4.69, 9.17) is 0 Å². The Morgan fingerprint density at radius 1 is 1.42 bits per heavy atom. The molecule has 0 aliphatic heterocycles. The average molecular weight is 243 g/mol. The molecule has 0 saturated heterocycles. The predicted octanol–water partition coefficient (Wildman–Crippen LogP) is 2.81. The van der Waals surface area contributed by atoms with Crippen LogP contribution in [0.3, 0.4) is 0 Å². The molecule has 0 aromatic carbocycles. The van der Waals surface area contributed by atoms with E-state index in [1.54, 1.807) is 0 Å². The maximum absolute atomic E-state index is 12.1. The Morgan fingerprint density at radius 2 is 2.00 bits per heavy atom. The van der Waals surface area contributed by atoms with Crippen molar-refractivity contribution in [2.45, 2.75) is 19.0 Å². The Morgan fingerprint density at radius 3 is 2.42 bits per heavy atom. The highest BCUT2D eigenvalue weighted by Gasteiger charge is 2.42. The van der Waals surface area contributed by atoms with Crippen LogP contribution in [0.2, 0.25) is 0 Å². The fourth-order valence-electron chi connectivity index (χ4n) is 1.07. The van der Waals surface area contributed by atoms with Crippen molar-refractivity contribution in [1.29, 1.82) is 0 Å². The van der Waals surface area contributed by atoms with Crippen LogP contribution in [0.4, 0.5) is 13.2 Å². The van der Waals surface area contributed by atoms with Crippen molar-refractivity contribution in [3.8, 4) is 0 Å². The third-order valence-corrected chi connectivity index (χ3v) is 2.22. The zero-order valence-corrected chi connectivity index (χ0v) is 7.58. The molecule has 1 atom stereocenters. The third kappa shape index (κ3) is 2.33. The summed E-state index contributed by atoms with van der Waals surface area (Å²) in [4.78, 5) is 10.7. The van der Waals surface area contributed by atoms with Gasteiger partial charge in [-0.1, -0.05) is 15.9 Å². The standard InChI is InChI=1S/C7H6BrF3O/c8-5-1-4(7(9,10)11)2-6(12)3-5/h3-4H,1-2H2/t4-/m0/s1. The molecule has 1 nitrogen and oxygen atoms in total. The lowest BCUT2D eigenvalue weighted by Crippen LogP contribution is -2.27. The molecule has 68 valence electrons. The molecule has 0 unspecified atom stereocenters. The van der Waals surface area contributed by atoms with E-state index >= 15 is 0 Å². The van der Waals surface area contributed by atoms with E-state index in [2.05, 4.69) is 15.9 Å². The van der Waals surface area contributed by atoms with Crippen LogP contribution >= 0.6 is 15.9 Å². The number of alkyl halides is 3. The first-order chi connectivity index (χ1) is 5.39. The van der Waals surface area contributed by atoms with Crippen LogP contribution in [0.15, 0.2) is 10.6 Å². The molecular weight excluding hydrogens is 237 g/mol. The van der Waals surface area contributed by atoms with Crippen LogP contribution in [-0.4, -0.2) is 12.0 Å². The van der Waals surface area contributed by atoms with Crippen molar-refractivity contribution in [2.75, 3.05) is 0 Å². The molecule has 1 rings (SSSR count). The molecule has 0 radical (unpaired) electrons. The van der Waals surface area contributed by atoms with Crippen molar-refractivity contribution >= 4 is 21.7 Å². The van der Waals surface area contributed by atoms with Gasteiger partial charge in [0.2, 0.25) is 0 Å². The molecular formula is C7H6BrF3O. The van der Waals surface area contributed by atoms with E-state index in [9.17, 15) is 18.0 Å². The third-order valence-electron chi connectivity index (χ3n) is 1.67. The fourth-order valence-corrected chi connectivity index (χ4v) is 1.72. The second kappa shape index (κ2) is 3.20. The van der Waals surface area contributed by atoms with Gasteiger partial charge in [-0.2, -0.15) is 13.2 Å². The molecule has 0 fully saturated rings. The van der Waals surface area contributed by atoms with E-state index < -0.39 is 24.3 Å². The summed E-state index contributed by atoms with van der Waals surface area (Å²) in [6.45, 7) is 0. The summed E-state index contributed by atoms with van der Waals surface area (Å²) in [7, 11) is 0. The first-order valence-electron chi connectivity index (χ1n) is 3.35. The molecule has 1 aliphatic rings. The molecule has 0 aromatic rings. The van der Waals surface area contributed by atoms with Gasteiger partial charge in [0.25, 0.3) is 0 Å².